The van der Waals surface area contributed by atoms with Crippen molar-refractivity contribution in [2.45, 2.75) is 20.5 Å². The second kappa shape index (κ2) is 10.3. The van der Waals surface area contributed by atoms with Crippen LogP contribution in [0.4, 0.5) is 0 Å². The number of rotatable bonds is 7. The molecule has 1 N–H and O–H groups in total. The molecule has 0 radical (unpaired) electrons. The third-order valence-corrected chi connectivity index (χ3v) is 6.57. The predicted molar refractivity (Wildman–Crippen MR) is 145 cm³/mol. The highest BCUT2D eigenvalue weighted by molar-refractivity contribution is 8.17. The van der Waals surface area contributed by atoms with Gasteiger partial charge in [0, 0.05) is 5.41 Å². The number of fused-ring (bicyclic) bond motifs is 1. The molecule has 6 nitrogen and oxygen atoms in total. The van der Waals surface area contributed by atoms with E-state index in [0.29, 0.717) is 29.9 Å². The van der Waals surface area contributed by atoms with Crippen LogP contribution in [0.5, 0.6) is 11.5 Å². The van der Waals surface area contributed by atoms with Gasteiger partial charge in [-0.3, -0.25) is 15.1 Å². The van der Waals surface area contributed by atoms with Gasteiger partial charge in [-0.2, -0.15) is 4.99 Å². The second-order valence-electron chi connectivity index (χ2n) is 8.35. The van der Waals surface area contributed by atoms with Crippen LogP contribution in [0.2, 0.25) is 0 Å². The number of nitrogens with zero attached hydrogens (tertiary/aromatic N) is 2. The Morgan fingerprint density at radius 2 is 1.83 bits per heavy atom. The van der Waals surface area contributed by atoms with Crippen LogP contribution in [-0.4, -0.2) is 28.4 Å². The summed E-state index contributed by atoms with van der Waals surface area (Å²) >= 11 is 1.35. The molecule has 3 aromatic rings. The minimum atomic E-state index is -0.431. The smallest absolute Gasteiger partial charge is 0.283 e. The Hall–Kier alpha value is -4.10. The molecule has 36 heavy (non-hydrogen) atoms. The Kier molecular flexibility index (Phi) is 6.73. The van der Waals surface area contributed by atoms with E-state index in [1.165, 1.54) is 17.3 Å². The number of nitrogens with one attached hydrogen (secondary N) is 1. The van der Waals surface area contributed by atoms with Gasteiger partial charge in [-0.15, -0.1) is 0 Å². The molecular formula is C29H25N3O3S. The Morgan fingerprint density at radius 1 is 1.00 bits per heavy atom. The highest BCUT2D eigenvalue weighted by Gasteiger charge is 2.36. The fraction of sp³-hybridized carbons (Fsp3) is 0.138. The monoisotopic (exact) mass is 495 g/mol. The topological polar surface area (TPSA) is 75.0 Å². The van der Waals surface area contributed by atoms with E-state index in [4.69, 9.17) is 14.9 Å². The van der Waals surface area contributed by atoms with E-state index >= 15 is 0 Å². The van der Waals surface area contributed by atoms with Crippen LogP contribution < -0.4 is 9.47 Å². The normalized spacial score (nSPS) is 16.1. The van der Waals surface area contributed by atoms with Crippen LogP contribution in [-0.2, 0) is 11.4 Å². The van der Waals surface area contributed by atoms with Crippen molar-refractivity contribution in [2.24, 2.45) is 4.99 Å². The van der Waals surface area contributed by atoms with Crippen molar-refractivity contribution < 1.29 is 14.3 Å². The molecule has 1 amide bonds. The van der Waals surface area contributed by atoms with E-state index in [-0.39, 0.29) is 11.4 Å². The molecular weight excluding hydrogens is 470 g/mol. The molecule has 0 atom stereocenters. The molecule has 2 heterocycles. The lowest BCUT2D eigenvalue weighted by Crippen LogP contribution is -2.38. The molecule has 2 aliphatic rings. The molecule has 0 fully saturated rings. The lowest BCUT2D eigenvalue weighted by atomic mass is 10.1. The van der Waals surface area contributed by atoms with E-state index in [1.807, 2.05) is 86.0 Å². The molecule has 7 heteroatoms. The molecule has 0 bridgehead atoms. The minimum absolute atomic E-state index is 0.0998. The highest BCUT2D eigenvalue weighted by Crippen LogP contribution is 2.38. The molecule has 0 saturated heterocycles. The minimum Gasteiger partial charge on any atom is -0.490 e. The maximum atomic E-state index is 12.8. The maximum absolute atomic E-state index is 12.8. The van der Waals surface area contributed by atoms with Gasteiger partial charge in [0.15, 0.2) is 16.7 Å². The van der Waals surface area contributed by atoms with Gasteiger partial charge in [-0.25, -0.2) is 0 Å². The van der Waals surface area contributed by atoms with Gasteiger partial charge in [0.2, 0.25) is 0 Å². The summed E-state index contributed by atoms with van der Waals surface area (Å²) in [5.41, 5.74) is 4.99. The van der Waals surface area contributed by atoms with Gasteiger partial charge in [0.25, 0.3) is 5.91 Å². The Labute approximate surface area is 214 Å². The van der Waals surface area contributed by atoms with E-state index in [9.17, 15) is 4.79 Å². The number of benzene rings is 3. The van der Waals surface area contributed by atoms with Gasteiger partial charge < -0.3 is 9.47 Å². The molecule has 2 aliphatic heterocycles. The number of amides is 1. The van der Waals surface area contributed by atoms with Gasteiger partial charge in [0.05, 0.1) is 17.9 Å². The largest absolute Gasteiger partial charge is 0.490 e. The summed E-state index contributed by atoms with van der Waals surface area (Å²) in [5.74, 6) is 0.873. The van der Waals surface area contributed by atoms with E-state index < -0.39 is 5.91 Å². The van der Waals surface area contributed by atoms with Crippen LogP contribution in [0.25, 0.3) is 11.8 Å². The van der Waals surface area contributed by atoms with Gasteiger partial charge >= 0.3 is 0 Å². The lowest BCUT2D eigenvalue weighted by Gasteiger charge is -2.27. The van der Waals surface area contributed by atoms with Crippen molar-refractivity contribution in [1.82, 2.24) is 4.90 Å². The number of aryl methyl sites for hydroxylation is 1. The maximum Gasteiger partial charge on any atom is 0.283 e. The molecule has 180 valence electrons. The van der Waals surface area contributed by atoms with E-state index in [0.717, 1.165) is 22.4 Å². The van der Waals surface area contributed by atoms with Crippen molar-refractivity contribution >= 4 is 40.4 Å². The molecule has 0 aliphatic carbocycles. The number of carbonyl (C=O) groups excluding carboxylic acids is 1. The molecule has 0 aromatic heterocycles. The molecule has 0 saturated carbocycles. The van der Waals surface area contributed by atoms with Crippen molar-refractivity contribution in [3.63, 3.8) is 0 Å². The van der Waals surface area contributed by atoms with Crippen LogP contribution in [0.3, 0.4) is 0 Å². The first-order valence-electron chi connectivity index (χ1n) is 11.6. The third kappa shape index (κ3) is 4.83. The zero-order valence-corrected chi connectivity index (χ0v) is 20.8. The second-order valence-corrected chi connectivity index (χ2v) is 9.18. The van der Waals surface area contributed by atoms with Gasteiger partial charge in [0.1, 0.15) is 12.4 Å². The number of hydrogen-bond acceptors (Lipinski definition) is 5. The first kappa shape index (κ1) is 23.6. The highest BCUT2D eigenvalue weighted by atomic mass is 32.2. The zero-order chi connectivity index (χ0) is 25.1. The SMILES string of the molecule is CCOc1cc(/C=C2/C(=N)N3C(c4ccccc4)=CSC3=NC2=O)ccc1OCc1cccc(C)c1. The number of carbonyl (C=O) groups is 1. The fourth-order valence-corrected chi connectivity index (χ4v) is 4.94. The summed E-state index contributed by atoms with van der Waals surface area (Å²) in [5, 5.41) is 11.3. The summed E-state index contributed by atoms with van der Waals surface area (Å²) in [6.45, 7) is 4.85. The van der Waals surface area contributed by atoms with Crippen LogP contribution in [0, 0.1) is 12.3 Å². The van der Waals surface area contributed by atoms with E-state index in [1.54, 1.807) is 11.0 Å². The summed E-state index contributed by atoms with van der Waals surface area (Å²) in [6, 6.07) is 23.5. The predicted octanol–water partition coefficient (Wildman–Crippen LogP) is 6.28. The summed E-state index contributed by atoms with van der Waals surface area (Å²) in [4.78, 5) is 18.8. The summed E-state index contributed by atoms with van der Waals surface area (Å²) in [6.07, 6.45) is 1.68. The van der Waals surface area contributed by atoms with E-state index in [2.05, 4.69) is 11.1 Å². The zero-order valence-electron chi connectivity index (χ0n) is 20.0. The van der Waals surface area contributed by atoms with Crippen molar-refractivity contribution in [2.75, 3.05) is 6.61 Å². The van der Waals surface area contributed by atoms with Crippen molar-refractivity contribution in [1.29, 1.82) is 5.41 Å². The Bertz CT molecular complexity index is 1430. The number of aliphatic imine (C=N–C) groups is 1. The van der Waals surface area contributed by atoms with Crippen molar-refractivity contribution in [3.8, 4) is 11.5 Å². The van der Waals surface area contributed by atoms with Crippen LogP contribution in [0.15, 0.2) is 88.8 Å². The molecule has 3 aromatic carbocycles. The number of thioether (sulfide) groups is 1. The average molecular weight is 496 g/mol. The van der Waals surface area contributed by atoms with Crippen LogP contribution >= 0.6 is 11.8 Å². The Balaban J connectivity index is 1.41. The lowest BCUT2D eigenvalue weighted by molar-refractivity contribution is -0.114. The standard InChI is InChI=1S/C29H25N3O3S/c1-3-34-26-16-20(12-13-25(26)35-17-21-9-7-8-19(2)14-21)15-23-27(30)32-24(22-10-5-4-6-11-22)18-36-29(32)31-28(23)33/h4-16,18,30H,3,17H2,1-2H3/b23-15-,30-27?. The molecule has 0 spiro atoms. The third-order valence-electron chi connectivity index (χ3n) is 5.74. The van der Waals surface area contributed by atoms with Gasteiger partial charge in [-0.05, 0) is 48.7 Å². The number of hydrogen-bond donors (Lipinski definition) is 1. The number of ether oxygens (including phenoxy) is 2. The number of amidine groups is 2. The molecule has 5 rings (SSSR count). The molecule has 0 unspecified atom stereocenters. The first-order valence-corrected chi connectivity index (χ1v) is 12.5. The summed E-state index contributed by atoms with van der Waals surface area (Å²) < 4.78 is 11.9. The Morgan fingerprint density at radius 3 is 2.61 bits per heavy atom. The quantitative estimate of drug-likeness (QED) is 0.391. The average Bonchev–Trinajstić information content (AvgIpc) is 3.31. The van der Waals surface area contributed by atoms with Crippen molar-refractivity contribution in [3.05, 3.63) is 106 Å². The fourth-order valence-electron chi connectivity index (χ4n) is 4.05. The first-order chi connectivity index (χ1) is 17.5. The summed E-state index contributed by atoms with van der Waals surface area (Å²) in [7, 11) is 0. The van der Waals surface area contributed by atoms with Gasteiger partial charge in [-0.1, -0.05) is 78.0 Å². The van der Waals surface area contributed by atoms with Crippen LogP contribution in [0.1, 0.15) is 29.2 Å².